The number of rotatable bonds is 4. The topological polar surface area (TPSA) is 98.9 Å². The number of benzene rings is 1. The fraction of sp³-hybridized carbons (Fsp3) is 0.364. The highest BCUT2D eigenvalue weighted by Gasteiger charge is 2.15. The van der Waals surface area contributed by atoms with Gasteiger partial charge in [0, 0.05) is 22.8 Å². The summed E-state index contributed by atoms with van der Waals surface area (Å²) in [4.78, 5) is 21.5. The lowest BCUT2D eigenvalue weighted by molar-refractivity contribution is -0.384. The molecule has 1 rings (SSSR count). The predicted molar refractivity (Wildman–Crippen MR) is 69.5 cm³/mol. The molecule has 1 unspecified atom stereocenters. The summed E-state index contributed by atoms with van der Waals surface area (Å²) in [6, 6.07) is 5.13. The lowest BCUT2D eigenvalue weighted by Crippen LogP contribution is -2.09. The third-order valence-electron chi connectivity index (χ3n) is 2.30. The highest BCUT2D eigenvalue weighted by atomic mass is 32.2. The number of ether oxygens (including phenoxy) is 1. The SMILES string of the molecule is CCOC(=O)N=S(=O)(CC)c1ccc([N+](=O)[O-])cc1. The van der Waals surface area contributed by atoms with Gasteiger partial charge >= 0.3 is 6.09 Å². The van der Waals surface area contributed by atoms with Crippen LogP contribution >= 0.6 is 0 Å². The first kappa shape index (κ1) is 15.1. The molecule has 0 N–H and O–H groups in total. The summed E-state index contributed by atoms with van der Waals surface area (Å²) in [5.74, 6) is 0.115. The van der Waals surface area contributed by atoms with Gasteiger partial charge in [-0.3, -0.25) is 10.1 Å². The molecule has 0 saturated heterocycles. The Kier molecular flexibility index (Phi) is 4.99. The zero-order chi connectivity index (χ0) is 14.5. The second-order valence-electron chi connectivity index (χ2n) is 3.47. The smallest absolute Gasteiger partial charge is 0.442 e. The first-order chi connectivity index (χ1) is 8.92. The Morgan fingerprint density at radius 2 is 1.95 bits per heavy atom. The summed E-state index contributed by atoms with van der Waals surface area (Å²) in [5, 5.41) is 10.5. The number of carbonyl (C=O) groups is 1. The van der Waals surface area contributed by atoms with E-state index in [4.69, 9.17) is 0 Å². The first-order valence-corrected chi connectivity index (χ1v) is 7.27. The van der Waals surface area contributed by atoms with Crippen molar-refractivity contribution in [3.05, 3.63) is 34.4 Å². The molecule has 0 aromatic heterocycles. The number of nitrogens with zero attached hydrogens (tertiary/aromatic N) is 2. The molecule has 0 radical (unpaired) electrons. The van der Waals surface area contributed by atoms with Gasteiger partial charge in [-0.15, -0.1) is 4.36 Å². The van der Waals surface area contributed by atoms with Crippen molar-refractivity contribution in [2.75, 3.05) is 12.4 Å². The molecule has 0 fully saturated rings. The first-order valence-electron chi connectivity index (χ1n) is 5.59. The Bertz CT molecular complexity index is 588. The molecule has 0 aliphatic rings. The summed E-state index contributed by atoms with van der Waals surface area (Å²) in [6.07, 6.45) is -0.896. The van der Waals surface area contributed by atoms with Crippen LogP contribution in [-0.2, 0) is 14.5 Å². The molecule has 0 heterocycles. The van der Waals surface area contributed by atoms with Crippen molar-refractivity contribution in [3.8, 4) is 0 Å². The van der Waals surface area contributed by atoms with E-state index >= 15 is 0 Å². The van der Waals surface area contributed by atoms with E-state index in [-0.39, 0.29) is 22.9 Å². The Balaban J connectivity index is 3.19. The number of non-ortho nitro benzene ring substituents is 1. The van der Waals surface area contributed by atoms with Gasteiger partial charge in [0.15, 0.2) is 0 Å². The van der Waals surface area contributed by atoms with Crippen molar-refractivity contribution < 1.29 is 18.7 Å². The van der Waals surface area contributed by atoms with Gasteiger partial charge in [-0.2, -0.15) is 0 Å². The fourth-order valence-corrected chi connectivity index (χ4v) is 2.76. The van der Waals surface area contributed by atoms with E-state index < -0.39 is 20.7 Å². The Morgan fingerprint density at radius 3 is 2.37 bits per heavy atom. The van der Waals surface area contributed by atoms with Gasteiger partial charge in [-0.25, -0.2) is 9.00 Å². The Hall–Kier alpha value is -1.96. The second kappa shape index (κ2) is 6.28. The molecular weight excluding hydrogens is 272 g/mol. The van der Waals surface area contributed by atoms with Gasteiger partial charge in [0.1, 0.15) is 0 Å². The van der Waals surface area contributed by atoms with Gasteiger partial charge in [0.25, 0.3) is 5.69 Å². The molecule has 0 aliphatic heterocycles. The quantitative estimate of drug-likeness (QED) is 0.625. The molecular formula is C11H14N2O5S. The summed E-state index contributed by atoms with van der Waals surface area (Å²) < 4.78 is 20.7. The molecule has 104 valence electrons. The lowest BCUT2D eigenvalue weighted by atomic mass is 10.3. The van der Waals surface area contributed by atoms with Crippen LogP contribution in [0.4, 0.5) is 10.5 Å². The maximum atomic E-state index is 12.5. The van der Waals surface area contributed by atoms with E-state index in [1.165, 1.54) is 24.3 Å². The molecule has 1 aromatic carbocycles. The summed E-state index contributed by atoms with van der Waals surface area (Å²) in [7, 11) is -2.94. The number of nitro benzene ring substituents is 1. The number of nitro groups is 1. The molecule has 0 aliphatic carbocycles. The van der Waals surface area contributed by atoms with Crippen LogP contribution in [0.25, 0.3) is 0 Å². The van der Waals surface area contributed by atoms with Crippen LogP contribution in [0.2, 0.25) is 0 Å². The van der Waals surface area contributed by atoms with Crippen molar-refractivity contribution in [1.82, 2.24) is 0 Å². The molecule has 8 heteroatoms. The van der Waals surface area contributed by atoms with Gasteiger partial charge in [0.2, 0.25) is 0 Å². The third kappa shape index (κ3) is 3.75. The van der Waals surface area contributed by atoms with Crippen molar-refractivity contribution in [1.29, 1.82) is 0 Å². The van der Waals surface area contributed by atoms with Crippen LogP contribution in [0.5, 0.6) is 0 Å². The number of hydrogen-bond acceptors (Lipinski definition) is 5. The van der Waals surface area contributed by atoms with E-state index in [0.717, 1.165) is 0 Å². The molecule has 1 amide bonds. The number of carbonyl (C=O) groups excluding carboxylic acids is 1. The van der Waals surface area contributed by atoms with Crippen LogP contribution in [0.3, 0.4) is 0 Å². The highest BCUT2D eigenvalue weighted by Crippen LogP contribution is 2.19. The Morgan fingerprint density at radius 1 is 1.37 bits per heavy atom. The summed E-state index contributed by atoms with van der Waals surface area (Å²) in [5.41, 5.74) is -0.113. The van der Waals surface area contributed by atoms with E-state index in [2.05, 4.69) is 9.10 Å². The second-order valence-corrected chi connectivity index (χ2v) is 5.98. The molecule has 19 heavy (non-hydrogen) atoms. The zero-order valence-corrected chi connectivity index (χ0v) is 11.4. The normalized spacial score (nSPS) is 13.4. The minimum absolute atomic E-state index is 0.113. The fourth-order valence-electron chi connectivity index (χ4n) is 1.33. The van der Waals surface area contributed by atoms with E-state index in [9.17, 15) is 19.1 Å². The molecule has 1 atom stereocenters. The summed E-state index contributed by atoms with van der Waals surface area (Å²) >= 11 is 0. The van der Waals surface area contributed by atoms with Crippen molar-refractivity contribution in [3.63, 3.8) is 0 Å². The molecule has 0 bridgehead atoms. The van der Waals surface area contributed by atoms with Crippen molar-refractivity contribution >= 4 is 21.5 Å². The summed E-state index contributed by atoms with van der Waals surface area (Å²) in [6.45, 7) is 3.38. The van der Waals surface area contributed by atoms with E-state index in [0.29, 0.717) is 0 Å². The van der Waals surface area contributed by atoms with Crippen LogP contribution in [-0.4, -0.2) is 27.6 Å². The minimum Gasteiger partial charge on any atom is -0.448 e. The molecule has 0 saturated carbocycles. The number of amides is 1. The minimum atomic E-state index is -2.94. The van der Waals surface area contributed by atoms with Gasteiger partial charge in [-0.1, -0.05) is 6.92 Å². The average Bonchev–Trinajstić information content (AvgIpc) is 2.39. The maximum Gasteiger partial charge on any atom is 0.442 e. The standard InChI is InChI=1S/C11H14N2O5S/c1-3-18-11(14)12-19(17,4-2)10-7-5-9(6-8-10)13(15)16/h5-8H,3-4H2,1-2H3. The van der Waals surface area contributed by atoms with Crippen LogP contribution in [0.15, 0.2) is 33.5 Å². The van der Waals surface area contributed by atoms with E-state index in [1.807, 2.05) is 0 Å². The molecule has 0 spiro atoms. The van der Waals surface area contributed by atoms with E-state index in [1.54, 1.807) is 13.8 Å². The highest BCUT2D eigenvalue weighted by molar-refractivity contribution is 7.93. The van der Waals surface area contributed by atoms with Crippen LogP contribution in [0, 0.1) is 10.1 Å². The average molecular weight is 286 g/mol. The van der Waals surface area contributed by atoms with Crippen LogP contribution < -0.4 is 0 Å². The van der Waals surface area contributed by atoms with Gasteiger partial charge in [0.05, 0.1) is 21.3 Å². The lowest BCUT2D eigenvalue weighted by Gasteiger charge is -2.07. The predicted octanol–water partition coefficient (Wildman–Crippen LogP) is 2.60. The van der Waals surface area contributed by atoms with Crippen molar-refractivity contribution in [2.24, 2.45) is 4.36 Å². The monoisotopic (exact) mass is 286 g/mol. The van der Waals surface area contributed by atoms with Gasteiger partial charge < -0.3 is 4.74 Å². The molecule has 7 nitrogen and oxygen atoms in total. The number of hydrogen-bond donors (Lipinski definition) is 0. The third-order valence-corrected chi connectivity index (χ3v) is 4.53. The Labute approximate surface area is 110 Å². The zero-order valence-electron chi connectivity index (χ0n) is 10.6. The largest absolute Gasteiger partial charge is 0.448 e. The molecule has 1 aromatic rings. The van der Waals surface area contributed by atoms with Gasteiger partial charge in [-0.05, 0) is 19.1 Å². The van der Waals surface area contributed by atoms with Crippen molar-refractivity contribution in [2.45, 2.75) is 18.7 Å². The van der Waals surface area contributed by atoms with Crippen LogP contribution in [0.1, 0.15) is 13.8 Å². The maximum absolute atomic E-state index is 12.5.